The number of nitrogens with two attached hydrogens (primary N) is 1. The first kappa shape index (κ1) is 15.9. The maximum atomic E-state index is 12.8. The van der Waals surface area contributed by atoms with E-state index in [0.29, 0.717) is 4.68 Å². The Morgan fingerprint density at radius 2 is 2.11 bits per heavy atom. The van der Waals surface area contributed by atoms with Gasteiger partial charge in [-0.25, -0.2) is 30.7 Å². The minimum Gasteiger partial charge on any atom is -0.325 e. The van der Waals surface area contributed by atoms with Gasteiger partial charge in [-0.2, -0.15) is 5.10 Å². The fraction of sp³-hybridized carbons (Fsp3) is 0.625. The van der Waals surface area contributed by atoms with Gasteiger partial charge in [0.2, 0.25) is 10.0 Å². The molecule has 0 amide bonds. The van der Waals surface area contributed by atoms with Crippen molar-refractivity contribution in [2.45, 2.75) is 23.8 Å². The Morgan fingerprint density at radius 3 is 2.63 bits per heavy atom. The van der Waals surface area contributed by atoms with Gasteiger partial charge in [0.1, 0.15) is 11.4 Å². The average Bonchev–Trinajstić information content (AvgIpc) is 2.75. The van der Waals surface area contributed by atoms with Gasteiger partial charge in [-0.05, 0) is 0 Å². The number of rotatable bonds is 7. The second-order valence-corrected chi connectivity index (χ2v) is 5.44. The lowest BCUT2D eigenvalue weighted by atomic mass is 10.3. The molecule has 0 unspecified atom stereocenters. The molecule has 0 aliphatic carbocycles. The summed E-state index contributed by atoms with van der Waals surface area (Å²) in [6.07, 6.45) is -1.08. The quantitative estimate of drug-likeness (QED) is 0.695. The van der Waals surface area contributed by atoms with Crippen molar-refractivity contribution in [3.8, 4) is 0 Å². The summed E-state index contributed by atoms with van der Waals surface area (Å²) in [6, 6.07) is 0. The Kier molecular flexibility index (Phi) is 4.87. The normalized spacial score (nSPS) is 13.2. The predicted molar refractivity (Wildman–Crippen MR) is 57.4 cm³/mol. The fourth-order valence-corrected chi connectivity index (χ4v) is 2.09. The van der Waals surface area contributed by atoms with Crippen LogP contribution in [-0.2, 0) is 16.6 Å². The topological polar surface area (TPSA) is 90.0 Å². The van der Waals surface area contributed by atoms with E-state index in [4.69, 9.17) is 5.73 Å². The Balaban J connectivity index is 2.75. The highest BCUT2D eigenvalue weighted by molar-refractivity contribution is 7.89. The smallest absolute Gasteiger partial charge is 0.273 e. The van der Waals surface area contributed by atoms with E-state index in [9.17, 15) is 26.0 Å². The van der Waals surface area contributed by atoms with E-state index in [1.165, 1.54) is 0 Å². The zero-order valence-corrected chi connectivity index (χ0v) is 10.4. The summed E-state index contributed by atoms with van der Waals surface area (Å²) in [5.41, 5.74) is 4.75. The van der Waals surface area contributed by atoms with E-state index in [1.54, 1.807) is 4.72 Å². The van der Waals surface area contributed by atoms with Crippen molar-refractivity contribution >= 4 is 10.0 Å². The summed E-state index contributed by atoms with van der Waals surface area (Å²) < 4.78 is 75.2. The van der Waals surface area contributed by atoms with Crippen LogP contribution in [0.3, 0.4) is 0 Å². The molecule has 1 aromatic rings. The molecule has 110 valence electrons. The van der Waals surface area contributed by atoms with Crippen LogP contribution < -0.4 is 10.5 Å². The number of nitrogens with one attached hydrogen (secondary N) is 1. The minimum atomic E-state index is -4.23. The lowest BCUT2D eigenvalue weighted by Gasteiger charge is -2.13. The largest absolute Gasteiger partial charge is 0.325 e. The summed E-state index contributed by atoms with van der Waals surface area (Å²) in [5, 5.41) is 3.39. The molecule has 1 rings (SSSR count). The Morgan fingerprint density at radius 1 is 1.47 bits per heavy atom. The highest BCUT2D eigenvalue weighted by Gasteiger charge is 2.29. The first-order valence-electron chi connectivity index (χ1n) is 5.04. The van der Waals surface area contributed by atoms with Gasteiger partial charge < -0.3 is 5.73 Å². The van der Waals surface area contributed by atoms with Crippen molar-refractivity contribution in [2.24, 2.45) is 5.73 Å². The Bertz CT molecular complexity index is 517. The number of hydrogen-bond donors (Lipinski definition) is 2. The second kappa shape index (κ2) is 5.84. The van der Waals surface area contributed by atoms with Gasteiger partial charge in [-0.3, -0.25) is 4.68 Å². The first-order chi connectivity index (χ1) is 8.66. The van der Waals surface area contributed by atoms with E-state index in [-0.39, 0.29) is 0 Å². The summed E-state index contributed by atoms with van der Waals surface area (Å²) >= 11 is 0. The monoisotopic (exact) mass is 304 g/mol. The SMILES string of the molecule is NCC(F)(F)CNS(=O)(=O)c1cnn(CC(F)F)c1. The molecule has 0 aliphatic heterocycles. The van der Waals surface area contributed by atoms with Crippen LogP contribution in [0.4, 0.5) is 17.6 Å². The van der Waals surface area contributed by atoms with Crippen LogP contribution in [-0.4, -0.2) is 43.6 Å². The molecule has 0 atom stereocenters. The standard InChI is InChI=1S/C8H12F4N4O2S/c9-7(10)3-16-2-6(1-14-16)19(17,18)15-5-8(11,12)4-13/h1-2,7,15H,3-5,13H2. The number of hydrogen-bond acceptors (Lipinski definition) is 4. The molecule has 0 saturated carbocycles. The van der Waals surface area contributed by atoms with E-state index >= 15 is 0 Å². The Labute approximate surface area is 106 Å². The maximum Gasteiger partial charge on any atom is 0.273 e. The summed E-state index contributed by atoms with van der Waals surface area (Å²) in [4.78, 5) is -0.471. The number of halogens is 4. The van der Waals surface area contributed by atoms with Gasteiger partial charge in [0.15, 0.2) is 0 Å². The number of nitrogens with zero attached hydrogens (tertiary/aromatic N) is 2. The van der Waals surface area contributed by atoms with Crippen molar-refractivity contribution < 1.29 is 26.0 Å². The van der Waals surface area contributed by atoms with Gasteiger partial charge >= 0.3 is 0 Å². The van der Waals surface area contributed by atoms with Gasteiger partial charge in [0.05, 0.1) is 19.3 Å². The van der Waals surface area contributed by atoms with Crippen molar-refractivity contribution in [1.29, 1.82) is 0 Å². The summed E-state index contributed by atoms with van der Waals surface area (Å²) in [5.74, 6) is -3.38. The molecule has 1 heterocycles. The zero-order valence-electron chi connectivity index (χ0n) is 9.56. The summed E-state index contributed by atoms with van der Waals surface area (Å²) in [6.45, 7) is -2.97. The van der Waals surface area contributed by atoms with Gasteiger partial charge in [-0.1, -0.05) is 0 Å². The second-order valence-electron chi connectivity index (χ2n) is 3.67. The summed E-state index contributed by atoms with van der Waals surface area (Å²) in [7, 11) is -4.23. The van der Waals surface area contributed by atoms with Crippen LogP contribution in [0.15, 0.2) is 17.3 Å². The van der Waals surface area contributed by atoms with Gasteiger partial charge in [-0.15, -0.1) is 0 Å². The number of alkyl halides is 4. The molecule has 3 N–H and O–H groups in total. The van der Waals surface area contributed by atoms with Crippen molar-refractivity contribution in [2.75, 3.05) is 13.1 Å². The molecule has 19 heavy (non-hydrogen) atoms. The van der Waals surface area contributed by atoms with Crippen molar-refractivity contribution in [1.82, 2.24) is 14.5 Å². The molecule has 11 heteroatoms. The molecule has 6 nitrogen and oxygen atoms in total. The van der Waals surface area contributed by atoms with Crippen LogP contribution in [0.25, 0.3) is 0 Å². The lowest BCUT2D eigenvalue weighted by molar-refractivity contribution is 0.0170. The van der Waals surface area contributed by atoms with Crippen LogP contribution >= 0.6 is 0 Å². The highest BCUT2D eigenvalue weighted by atomic mass is 32.2. The van der Waals surface area contributed by atoms with E-state index in [2.05, 4.69) is 5.10 Å². The van der Waals surface area contributed by atoms with Crippen molar-refractivity contribution in [3.05, 3.63) is 12.4 Å². The minimum absolute atomic E-state index is 0.471. The van der Waals surface area contributed by atoms with Crippen LogP contribution in [0.1, 0.15) is 0 Å². The van der Waals surface area contributed by atoms with Crippen LogP contribution in [0, 0.1) is 0 Å². The predicted octanol–water partition coefficient (Wildman–Crippen LogP) is 0.0205. The third-order valence-corrected chi connectivity index (χ3v) is 3.42. The molecule has 0 fully saturated rings. The number of sulfonamides is 1. The van der Waals surface area contributed by atoms with Gasteiger partial charge in [0.25, 0.3) is 12.3 Å². The third kappa shape index (κ3) is 4.76. The van der Waals surface area contributed by atoms with Crippen LogP contribution in [0.5, 0.6) is 0 Å². The zero-order chi connectivity index (χ0) is 14.7. The maximum absolute atomic E-state index is 12.8. The fourth-order valence-electron chi connectivity index (χ4n) is 1.08. The number of aromatic nitrogens is 2. The molecular formula is C8H12F4N4O2S. The highest BCUT2D eigenvalue weighted by Crippen LogP contribution is 2.13. The van der Waals surface area contributed by atoms with E-state index in [1.807, 2.05) is 0 Å². The van der Waals surface area contributed by atoms with E-state index < -0.39 is 46.9 Å². The molecule has 0 saturated heterocycles. The average molecular weight is 304 g/mol. The van der Waals surface area contributed by atoms with Crippen molar-refractivity contribution in [3.63, 3.8) is 0 Å². The molecule has 0 spiro atoms. The molecule has 0 aliphatic rings. The molecule has 0 aromatic carbocycles. The Hall–Kier alpha value is -1.20. The molecule has 0 bridgehead atoms. The lowest BCUT2D eigenvalue weighted by Crippen LogP contribution is -2.41. The van der Waals surface area contributed by atoms with Gasteiger partial charge in [0, 0.05) is 6.20 Å². The third-order valence-electron chi connectivity index (χ3n) is 2.06. The first-order valence-corrected chi connectivity index (χ1v) is 6.53. The molecule has 0 radical (unpaired) electrons. The molecular weight excluding hydrogens is 292 g/mol. The van der Waals surface area contributed by atoms with Crippen LogP contribution in [0.2, 0.25) is 0 Å². The van der Waals surface area contributed by atoms with E-state index in [0.717, 1.165) is 12.4 Å². The molecule has 1 aromatic heterocycles.